The Morgan fingerprint density at radius 3 is 1.91 bits per heavy atom. The van der Waals surface area contributed by atoms with Gasteiger partial charge in [0, 0.05) is 25.4 Å². The second kappa shape index (κ2) is 12.2. The molecule has 0 aliphatic heterocycles. The first-order valence-electron chi connectivity index (χ1n) is 10.8. The molecule has 0 fully saturated rings. The lowest BCUT2D eigenvalue weighted by Crippen LogP contribution is -2.24. The quantitative estimate of drug-likeness (QED) is 0.308. The van der Waals surface area contributed by atoms with Crippen molar-refractivity contribution in [2.45, 2.75) is 20.0 Å². The second-order valence-electron chi connectivity index (χ2n) is 7.27. The van der Waals surface area contributed by atoms with Crippen molar-refractivity contribution < 1.29 is 23.7 Å². The van der Waals surface area contributed by atoms with Crippen molar-refractivity contribution in [2.24, 2.45) is 0 Å². The Bertz CT molecular complexity index is 1050. The van der Waals surface area contributed by atoms with Gasteiger partial charge < -0.3 is 23.8 Å². The molecule has 0 radical (unpaired) electrons. The van der Waals surface area contributed by atoms with Crippen molar-refractivity contribution in [1.82, 2.24) is 9.97 Å². The first-order valence-corrected chi connectivity index (χ1v) is 10.8. The van der Waals surface area contributed by atoms with E-state index in [0.717, 1.165) is 22.6 Å². The van der Waals surface area contributed by atoms with Crippen LogP contribution >= 0.6 is 0 Å². The molecule has 0 atom stereocenters. The lowest BCUT2D eigenvalue weighted by molar-refractivity contribution is -0.137. The molecule has 1 aromatic heterocycles. The van der Waals surface area contributed by atoms with Gasteiger partial charge >= 0.3 is 5.97 Å². The summed E-state index contributed by atoms with van der Waals surface area (Å²) >= 11 is 0. The molecule has 0 saturated carbocycles. The summed E-state index contributed by atoms with van der Waals surface area (Å²) in [5, 5.41) is 0. The highest BCUT2D eigenvalue weighted by molar-refractivity contribution is 5.87. The normalized spacial score (nSPS) is 10.7. The molecule has 0 amide bonds. The van der Waals surface area contributed by atoms with E-state index in [9.17, 15) is 4.79 Å². The van der Waals surface area contributed by atoms with Gasteiger partial charge in [0.25, 0.3) is 0 Å². The summed E-state index contributed by atoms with van der Waals surface area (Å²) in [7, 11) is 4.82. The molecule has 3 rings (SSSR count). The fourth-order valence-electron chi connectivity index (χ4n) is 3.25. The van der Waals surface area contributed by atoms with Gasteiger partial charge in [0.05, 0.1) is 33.5 Å². The van der Waals surface area contributed by atoms with E-state index < -0.39 is 5.97 Å². The first kappa shape index (κ1) is 24.6. The molecule has 2 aromatic carbocycles. The number of nitrogens with zero attached hydrogens (tertiary/aromatic N) is 3. The Labute approximate surface area is 199 Å². The van der Waals surface area contributed by atoms with Crippen LogP contribution < -0.4 is 19.1 Å². The maximum Gasteiger partial charge on any atom is 0.330 e. The Morgan fingerprint density at radius 1 is 0.882 bits per heavy atom. The Hall–Kier alpha value is -4.07. The molecule has 0 aliphatic rings. The van der Waals surface area contributed by atoms with E-state index in [4.69, 9.17) is 18.9 Å². The van der Waals surface area contributed by atoms with Crippen LogP contribution in [0.1, 0.15) is 23.6 Å². The van der Waals surface area contributed by atoms with Gasteiger partial charge in [0.1, 0.15) is 11.5 Å². The van der Waals surface area contributed by atoms with Gasteiger partial charge in [0.2, 0.25) is 11.8 Å². The fourth-order valence-corrected chi connectivity index (χ4v) is 3.25. The number of carbonyl (C=O) groups excluding carboxylic acids is 1. The molecule has 0 bridgehead atoms. The molecule has 1 heterocycles. The van der Waals surface area contributed by atoms with E-state index in [1.54, 1.807) is 33.4 Å². The summed E-state index contributed by atoms with van der Waals surface area (Å²) in [5.41, 5.74) is 2.72. The van der Waals surface area contributed by atoms with Crippen LogP contribution in [0.3, 0.4) is 0 Å². The molecule has 0 spiro atoms. The van der Waals surface area contributed by atoms with Gasteiger partial charge in [-0.1, -0.05) is 24.3 Å². The van der Waals surface area contributed by atoms with Crippen LogP contribution in [-0.2, 0) is 22.6 Å². The average molecular weight is 464 g/mol. The molecule has 178 valence electrons. The van der Waals surface area contributed by atoms with Crippen molar-refractivity contribution in [2.75, 3.05) is 32.8 Å². The third-order valence-electron chi connectivity index (χ3n) is 4.99. The van der Waals surface area contributed by atoms with Gasteiger partial charge in [-0.25, -0.2) is 9.78 Å². The zero-order valence-electron chi connectivity index (χ0n) is 19.9. The van der Waals surface area contributed by atoms with E-state index in [1.165, 1.54) is 13.2 Å². The largest absolute Gasteiger partial charge is 0.497 e. The van der Waals surface area contributed by atoms with E-state index in [2.05, 4.69) is 9.97 Å². The maximum absolute atomic E-state index is 11.7. The van der Waals surface area contributed by atoms with Gasteiger partial charge in [-0.05, 0) is 48.4 Å². The molecule has 0 saturated heterocycles. The zero-order valence-corrected chi connectivity index (χ0v) is 19.9. The van der Waals surface area contributed by atoms with Gasteiger partial charge in [-0.15, -0.1) is 0 Å². The summed E-state index contributed by atoms with van der Waals surface area (Å²) in [5.74, 6) is 2.01. The number of esters is 1. The highest BCUT2D eigenvalue weighted by Gasteiger charge is 2.15. The monoisotopic (exact) mass is 463 g/mol. The van der Waals surface area contributed by atoms with Crippen LogP contribution in [-0.4, -0.2) is 43.9 Å². The number of hydrogen-bond donors (Lipinski definition) is 0. The molecule has 0 unspecified atom stereocenters. The molecule has 8 nitrogen and oxygen atoms in total. The van der Waals surface area contributed by atoms with Crippen LogP contribution in [0.4, 0.5) is 5.95 Å². The Morgan fingerprint density at radius 2 is 1.44 bits per heavy atom. The molecule has 34 heavy (non-hydrogen) atoms. The maximum atomic E-state index is 11.7. The molecule has 8 heteroatoms. The molecular formula is C26H29N3O5. The number of rotatable bonds is 11. The van der Waals surface area contributed by atoms with Crippen LogP contribution in [0.25, 0.3) is 6.08 Å². The second-order valence-corrected chi connectivity index (χ2v) is 7.27. The van der Waals surface area contributed by atoms with Crippen LogP contribution in [0.5, 0.6) is 17.4 Å². The number of hydrogen-bond acceptors (Lipinski definition) is 8. The average Bonchev–Trinajstić information content (AvgIpc) is 2.88. The standard InChI is InChI=1S/C26H29N3O5/c1-5-34-24(30)15-10-21-16-27-26(28-25(21)33-4)29(17-19-6-11-22(31-2)12-7-19)18-20-8-13-23(32-3)14-9-20/h6-16H,5,17-18H2,1-4H3/b15-10+. The minimum absolute atomic E-state index is 0.307. The van der Waals surface area contributed by atoms with Crippen molar-refractivity contribution in [3.63, 3.8) is 0 Å². The van der Waals surface area contributed by atoms with Gasteiger partial charge in [-0.2, -0.15) is 4.98 Å². The highest BCUT2D eigenvalue weighted by atomic mass is 16.5. The van der Waals surface area contributed by atoms with Crippen molar-refractivity contribution in [1.29, 1.82) is 0 Å². The number of methoxy groups -OCH3 is 3. The van der Waals surface area contributed by atoms with Crippen molar-refractivity contribution in [3.05, 3.63) is 77.5 Å². The van der Waals surface area contributed by atoms with Gasteiger partial charge in [-0.3, -0.25) is 0 Å². The van der Waals surface area contributed by atoms with Crippen LogP contribution in [0.15, 0.2) is 60.8 Å². The Kier molecular flexibility index (Phi) is 8.85. The number of benzene rings is 2. The number of ether oxygens (including phenoxy) is 4. The fraction of sp³-hybridized carbons (Fsp3) is 0.269. The Balaban J connectivity index is 1.90. The van der Waals surface area contributed by atoms with Crippen LogP contribution in [0.2, 0.25) is 0 Å². The molecule has 0 aliphatic carbocycles. The molecule has 3 aromatic rings. The predicted octanol–water partition coefficient (Wildman–Crippen LogP) is 4.29. The minimum atomic E-state index is -0.436. The SMILES string of the molecule is CCOC(=O)/C=C/c1cnc(N(Cc2ccc(OC)cc2)Cc2ccc(OC)cc2)nc1OC. The van der Waals surface area contributed by atoms with E-state index in [1.807, 2.05) is 53.4 Å². The van der Waals surface area contributed by atoms with E-state index >= 15 is 0 Å². The van der Waals surface area contributed by atoms with Gasteiger partial charge in [0.15, 0.2) is 0 Å². The lowest BCUT2D eigenvalue weighted by atomic mass is 10.1. The highest BCUT2D eigenvalue weighted by Crippen LogP contribution is 2.24. The topological polar surface area (TPSA) is 83.0 Å². The predicted molar refractivity (Wildman–Crippen MR) is 130 cm³/mol. The lowest BCUT2D eigenvalue weighted by Gasteiger charge is -2.24. The van der Waals surface area contributed by atoms with Crippen molar-refractivity contribution >= 4 is 18.0 Å². The summed E-state index contributed by atoms with van der Waals surface area (Å²) in [4.78, 5) is 22.9. The summed E-state index contributed by atoms with van der Waals surface area (Å²) < 4.78 is 20.9. The number of aromatic nitrogens is 2. The number of anilines is 1. The van der Waals surface area contributed by atoms with E-state index in [0.29, 0.717) is 37.1 Å². The molecular weight excluding hydrogens is 434 g/mol. The third-order valence-corrected chi connectivity index (χ3v) is 4.99. The summed E-state index contributed by atoms with van der Waals surface area (Å²) in [6.07, 6.45) is 4.54. The van der Waals surface area contributed by atoms with Crippen LogP contribution in [0, 0.1) is 0 Å². The molecule has 0 N–H and O–H groups in total. The third kappa shape index (κ3) is 6.71. The van der Waals surface area contributed by atoms with E-state index in [-0.39, 0.29) is 0 Å². The van der Waals surface area contributed by atoms with Crippen molar-refractivity contribution in [3.8, 4) is 17.4 Å². The first-order chi connectivity index (χ1) is 16.6. The number of carbonyl (C=O) groups is 1. The summed E-state index contributed by atoms with van der Waals surface area (Å²) in [6.45, 7) is 3.19. The minimum Gasteiger partial charge on any atom is -0.497 e. The summed E-state index contributed by atoms with van der Waals surface area (Å²) in [6, 6.07) is 15.7. The zero-order chi connectivity index (χ0) is 24.3. The smallest absolute Gasteiger partial charge is 0.330 e.